The summed E-state index contributed by atoms with van der Waals surface area (Å²) in [6.07, 6.45) is 7.29. The van der Waals surface area contributed by atoms with Crippen LogP contribution >= 0.6 is 11.3 Å². The minimum absolute atomic E-state index is 0.0844. The van der Waals surface area contributed by atoms with Gasteiger partial charge in [0, 0.05) is 30.9 Å². The minimum atomic E-state index is -0.278. The molecule has 1 amide bonds. The molecule has 0 unspecified atom stereocenters. The molecule has 0 bridgehead atoms. The average molecular weight is 403 g/mol. The Morgan fingerprint density at radius 1 is 1.32 bits per heavy atom. The van der Waals surface area contributed by atoms with Gasteiger partial charge in [-0.15, -0.1) is 11.3 Å². The summed E-state index contributed by atoms with van der Waals surface area (Å²) in [6, 6.07) is 2.45. The van der Waals surface area contributed by atoms with Gasteiger partial charge in [-0.3, -0.25) is 4.79 Å². The Morgan fingerprint density at radius 3 is 2.82 bits per heavy atom. The van der Waals surface area contributed by atoms with Gasteiger partial charge in [-0.1, -0.05) is 12.8 Å². The summed E-state index contributed by atoms with van der Waals surface area (Å²) in [4.78, 5) is 21.3. The zero-order chi connectivity index (χ0) is 19.1. The van der Waals surface area contributed by atoms with Gasteiger partial charge in [0.05, 0.1) is 11.5 Å². The van der Waals surface area contributed by atoms with Crippen molar-refractivity contribution in [2.75, 3.05) is 24.6 Å². The summed E-state index contributed by atoms with van der Waals surface area (Å²) in [5.74, 6) is 1.33. The van der Waals surface area contributed by atoms with E-state index in [0.29, 0.717) is 24.5 Å². The predicted molar refractivity (Wildman–Crippen MR) is 106 cm³/mol. The molecule has 150 valence electrons. The summed E-state index contributed by atoms with van der Waals surface area (Å²) >= 11 is 1.63. The fourth-order valence-corrected chi connectivity index (χ4v) is 6.03. The van der Waals surface area contributed by atoms with Crippen molar-refractivity contribution in [3.63, 3.8) is 0 Å². The molecule has 0 atom stereocenters. The van der Waals surface area contributed by atoms with Crippen molar-refractivity contribution in [2.45, 2.75) is 63.5 Å². The van der Waals surface area contributed by atoms with E-state index in [9.17, 15) is 4.79 Å². The standard InChI is InChI=1S/C20H26N4O3S/c1-13-21-19(23-27-13)24-9-7-20(8-10-24)17-14(6-11-26-20)12-16(28-17)18(25)22-15-4-2-3-5-15/h12,15H,2-11H2,1H3,(H,22,25). The SMILES string of the molecule is Cc1nc(N2CCC3(CC2)OCCc2cc(C(=O)NC4CCCC4)sc23)no1. The molecule has 2 fully saturated rings. The van der Waals surface area contributed by atoms with Crippen LogP contribution in [0.5, 0.6) is 0 Å². The van der Waals surface area contributed by atoms with Gasteiger partial charge in [-0.25, -0.2) is 0 Å². The molecule has 1 aliphatic carbocycles. The highest BCUT2D eigenvalue weighted by molar-refractivity contribution is 7.14. The molecule has 28 heavy (non-hydrogen) atoms. The molecule has 4 heterocycles. The number of piperidine rings is 1. The number of aromatic nitrogens is 2. The Bertz CT molecular complexity index is 863. The van der Waals surface area contributed by atoms with Crippen LogP contribution in [0.4, 0.5) is 5.95 Å². The highest BCUT2D eigenvalue weighted by Gasteiger charge is 2.43. The van der Waals surface area contributed by atoms with Crippen LogP contribution in [-0.4, -0.2) is 41.8 Å². The van der Waals surface area contributed by atoms with E-state index in [4.69, 9.17) is 9.26 Å². The Kier molecular flexibility index (Phi) is 4.63. The van der Waals surface area contributed by atoms with Crippen molar-refractivity contribution in [1.29, 1.82) is 0 Å². The van der Waals surface area contributed by atoms with Crippen molar-refractivity contribution in [3.05, 3.63) is 27.3 Å². The fraction of sp³-hybridized carbons (Fsp3) is 0.650. The van der Waals surface area contributed by atoms with Crippen LogP contribution in [0.3, 0.4) is 0 Å². The molecule has 1 N–H and O–H groups in total. The molecule has 7 nitrogen and oxygen atoms in total. The lowest BCUT2D eigenvalue weighted by molar-refractivity contribution is -0.0736. The van der Waals surface area contributed by atoms with Gasteiger partial charge in [0.15, 0.2) is 0 Å². The van der Waals surface area contributed by atoms with Crippen LogP contribution in [0.2, 0.25) is 0 Å². The van der Waals surface area contributed by atoms with Crippen molar-refractivity contribution in [1.82, 2.24) is 15.5 Å². The predicted octanol–water partition coefficient (Wildman–Crippen LogP) is 3.18. The molecule has 5 rings (SSSR count). The normalized spacial score (nSPS) is 21.8. The van der Waals surface area contributed by atoms with E-state index in [1.807, 2.05) is 6.92 Å². The lowest BCUT2D eigenvalue weighted by Crippen LogP contribution is -2.46. The maximum atomic E-state index is 12.8. The second kappa shape index (κ2) is 7.15. The van der Waals surface area contributed by atoms with Gasteiger partial charge in [0.25, 0.3) is 11.9 Å². The van der Waals surface area contributed by atoms with Crippen LogP contribution in [0.1, 0.15) is 64.5 Å². The third-order valence-electron chi connectivity index (χ3n) is 6.26. The highest BCUT2D eigenvalue weighted by Crippen LogP contribution is 2.45. The third-order valence-corrected chi connectivity index (χ3v) is 7.62. The molecule has 1 spiro atoms. The zero-order valence-corrected chi connectivity index (χ0v) is 17.0. The van der Waals surface area contributed by atoms with E-state index >= 15 is 0 Å². The van der Waals surface area contributed by atoms with Crippen LogP contribution in [0.15, 0.2) is 10.6 Å². The van der Waals surface area contributed by atoms with Gasteiger partial charge in [0.1, 0.15) is 5.60 Å². The molecule has 2 aromatic rings. The second-order valence-electron chi connectivity index (χ2n) is 8.11. The number of anilines is 1. The molecule has 2 aliphatic heterocycles. The van der Waals surface area contributed by atoms with Gasteiger partial charge in [-0.05, 0) is 48.9 Å². The Balaban J connectivity index is 1.33. The first-order chi connectivity index (χ1) is 13.6. The number of amides is 1. The fourth-order valence-electron chi connectivity index (χ4n) is 4.72. The largest absolute Gasteiger partial charge is 0.369 e. The number of nitrogens with zero attached hydrogens (tertiary/aromatic N) is 3. The van der Waals surface area contributed by atoms with Gasteiger partial charge in [-0.2, -0.15) is 4.98 Å². The molecule has 2 aromatic heterocycles. The number of nitrogens with one attached hydrogen (secondary N) is 1. The topological polar surface area (TPSA) is 80.5 Å². The number of hydrogen-bond donors (Lipinski definition) is 1. The Labute approximate surface area is 168 Å². The van der Waals surface area contributed by atoms with E-state index in [0.717, 1.165) is 50.1 Å². The highest BCUT2D eigenvalue weighted by atomic mass is 32.1. The van der Waals surface area contributed by atoms with Crippen LogP contribution < -0.4 is 10.2 Å². The van der Waals surface area contributed by atoms with Crippen LogP contribution in [0, 0.1) is 6.92 Å². The maximum absolute atomic E-state index is 12.8. The van der Waals surface area contributed by atoms with E-state index < -0.39 is 0 Å². The summed E-state index contributed by atoms with van der Waals surface area (Å²) in [5.41, 5.74) is 1.01. The number of carbonyl (C=O) groups excluding carboxylic acids is 1. The van der Waals surface area contributed by atoms with E-state index in [1.165, 1.54) is 23.3 Å². The van der Waals surface area contributed by atoms with Gasteiger partial charge < -0.3 is 19.5 Å². The summed E-state index contributed by atoms with van der Waals surface area (Å²) in [5, 5.41) is 7.26. The molecular formula is C20H26N4O3S. The quantitative estimate of drug-likeness (QED) is 0.849. The molecule has 0 aromatic carbocycles. The lowest BCUT2D eigenvalue weighted by Gasteiger charge is -2.43. The number of rotatable bonds is 3. The molecule has 1 saturated heterocycles. The van der Waals surface area contributed by atoms with E-state index in [-0.39, 0.29) is 11.5 Å². The molecule has 0 radical (unpaired) electrons. The molecule has 1 saturated carbocycles. The molecule has 3 aliphatic rings. The van der Waals surface area contributed by atoms with Gasteiger partial charge >= 0.3 is 0 Å². The van der Waals surface area contributed by atoms with Gasteiger partial charge in [0.2, 0.25) is 5.89 Å². The summed E-state index contributed by atoms with van der Waals surface area (Å²) in [6.45, 7) is 4.16. The number of fused-ring (bicyclic) bond motifs is 2. The maximum Gasteiger partial charge on any atom is 0.266 e. The summed E-state index contributed by atoms with van der Waals surface area (Å²) < 4.78 is 11.5. The number of thiophene rings is 1. The lowest BCUT2D eigenvalue weighted by atomic mass is 9.85. The van der Waals surface area contributed by atoms with Crippen molar-refractivity contribution >= 4 is 23.2 Å². The summed E-state index contributed by atoms with van der Waals surface area (Å²) in [7, 11) is 0. The third kappa shape index (κ3) is 3.22. The van der Waals surface area contributed by atoms with Crippen LogP contribution in [-0.2, 0) is 16.8 Å². The second-order valence-corrected chi connectivity index (χ2v) is 9.17. The number of carbonyl (C=O) groups is 1. The minimum Gasteiger partial charge on any atom is -0.369 e. The smallest absolute Gasteiger partial charge is 0.266 e. The average Bonchev–Trinajstić information content (AvgIpc) is 3.43. The van der Waals surface area contributed by atoms with Crippen LogP contribution in [0.25, 0.3) is 0 Å². The molecular weight excluding hydrogens is 376 g/mol. The van der Waals surface area contributed by atoms with Crippen molar-refractivity contribution in [3.8, 4) is 0 Å². The van der Waals surface area contributed by atoms with E-state index in [2.05, 4.69) is 26.4 Å². The van der Waals surface area contributed by atoms with Crippen molar-refractivity contribution in [2.24, 2.45) is 0 Å². The molecule has 8 heteroatoms. The number of hydrogen-bond acceptors (Lipinski definition) is 7. The number of aryl methyl sites for hydroxylation is 1. The van der Waals surface area contributed by atoms with E-state index in [1.54, 1.807) is 11.3 Å². The first kappa shape index (κ1) is 18.1. The monoisotopic (exact) mass is 402 g/mol. The number of ether oxygens (including phenoxy) is 1. The van der Waals surface area contributed by atoms with Crippen molar-refractivity contribution < 1.29 is 14.1 Å². The Morgan fingerprint density at radius 2 is 2.11 bits per heavy atom. The zero-order valence-electron chi connectivity index (χ0n) is 16.2. The first-order valence-electron chi connectivity index (χ1n) is 10.3. The first-order valence-corrected chi connectivity index (χ1v) is 11.1. The Hall–Kier alpha value is -1.93.